The van der Waals surface area contributed by atoms with E-state index in [1.165, 1.54) is 0 Å². The third kappa shape index (κ3) is 4.63. The highest BCUT2D eigenvalue weighted by atomic mass is 16.6. The Kier molecular flexibility index (Phi) is 6.06. The van der Waals surface area contributed by atoms with Gasteiger partial charge in [-0.3, -0.25) is 9.59 Å². The van der Waals surface area contributed by atoms with E-state index in [0.717, 1.165) is 16.0 Å². The summed E-state index contributed by atoms with van der Waals surface area (Å²) in [4.78, 5) is 38.5. The van der Waals surface area contributed by atoms with Crippen LogP contribution in [0.5, 0.6) is 11.5 Å². The van der Waals surface area contributed by atoms with Crippen molar-refractivity contribution in [1.82, 2.24) is 9.80 Å². The molecule has 2 aliphatic rings. The van der Waals surface area contributed by atoms with Gasteiger partial charge in [-0.05, 0) is 29.7 Å². The van der Waals surface area contributed by atoms with E-state index in [-0.39, 0.29) is 24.5 Å². The highest BCUT2D eigenvalue weighted by molar-refractivity contribution is 5.98. The van der Waals surface area contributed by atoms with Gasteiger partial charge in [0.05, 0.1) is 13.2 Å². The van der Waals surface area contributed by atoms with E-state index in [0.29, 0.717) is 44.0 Å². The molecule has 0 bridgehead atoms. The van der Waals surface area contributed by atoms with Crippen molar-refractivity contribution in [2.24, 2.45) is 0 Å². The van der Waals surface area contributed by atoms with Crippen LogP contribution in [0.4, 0.5) is 4.79 Å². The molecular formula is C23H24N2O6. The minimum atomic E-state index is -0.622. The molecule has 2 aromatic carbocycles. The molecule has 8 nitrogen and oxygen atoms in total. The van der Waals surface area contributed by atoms with Crippen LogP contribution in [-0.4, -0.2) is 60.6 Å². The number of nitrogens with zero attached hydrogens (tertiary/aromatic N) is 2. The monoisotopic (exact) mass is 424 g/mol. The first-order chi connectivity index (χ1) is 15.0. The Morgan fingerprint density at radius 2 is 1.84 bits per heavy atom. The molecule has 0 N–H and O–H groups in total. The molecule has 0 aliphatic carbocycles. The van der Waals surface area contributed by atoms with Crippen molar-refractivity contribution in [3.05, 3.63) is 59.7 Å². The Balaban J connectivity index is 1.30. The Hall–Kier alpha value is -3.55. The molecule has 162 valence electrons. The number of benzene rings is 2. The summed E-state index contributed by atoms with van der Waals surface area (Å²) >= 11 is 0. The number of hydrogen-bond acceptors (Lipinski definition) is 6. The van der Waals surface area contributed by atoms with Crippen molar-refractivity contribution in [3.8, 4) is 11.5 Å². The molecule has 4 rings (SSSR count). The minimum absolute atomic E-state index is 0.0150. The first-order valence-electron chi connectivity index (χ1n) is 10.2. The standard InChI is InChI=1S/C23H24N2O6/c1-29-19-9-7-16(11-20(19)30-14-17-5-3-2-4-6-17)8-10-21(26)24-12-18(13-24)25-22(27)15-31-23(25)28/h2-7,9,11,18H,8,10,12-15H2,1H3. The van der Waals surface area contributed by atoms with Crippen LogP contribution in [-0.2, 0) is 27.4 Å². The lowest BCUT2D eigenvalue weighted by Crippen LogP contribution is -2.62. The van der Waals surface area contributed by atoms with E-state index >= 15 is 0 Å². The number of carbonyl (C=O) groups is 3. The Labute approximate surface area is 180 Å². The molecule has 2 fully saturated rings. The third-order valence-corrected chi connectivity index (χ3v) is 5.46. The van der Waals surface area contributed by atoms with Gasteiger partial charge in [-0.25, -0.2) is 9.69 Å². The van der Waals surface area contributed by atoms with Crippen LogP contribution in [0.1, 0.15) is 17.5 Å². The molecule has 2 saturated heterocycles. The van der Waals surface area contributed by atoms with Gasteiger partial charge in [-0.1, -0.05) is 36.4 Å². The third-order valence-electron chi connectivity index (χ3n) is 5.46. The van der Waals surface area contributed by atoms with Crippen LogP contribution in [0.15, 0.2) is 48.5 Å². The summed E-state index contributed by atoms with van der Waals surface area (Å²) in [5.41, 5.74) is 2.02. The predicted molar refractivity (Wildman–Crippen MR) is 111 cm³/mol. The number of imide groups is 1. The SMILES string of the molecule is COc1ccc(CCC(=O)N2CC(N3C(=O)COC3=O)C2)cc1OCc1ccccc1. The summed E-state index contributed by atoms with van der Waals surface area (Å²) < 4.78 is 16.0. The summed E-state index contributed by atoms with van der Waals surface area (Å²) in [5.74, 6) is 0.910. The molecule has 2 aliphatic heterocycles. The zero-order valence-electron chi connectivity index (χ0n) is 17.3. The Morgan fingerprint density at radius 1 is 1.06 bits per heavy atom. The second kappa shape index (κ2) is 9.07. The summed E-state index contributed by atoms with van der Waals surface area (Å²) in [6.45, 7) is 0.920. The molecular weight excluding hydrogens is 400 g/mol. The van der Waals surface area contributed by atoms with Gasteiger partial charge in [0.15, 0.2) is 18.1 Å². The van der Waals surface area contributed by atoms with Gasteiger partial charge in [0.25, 0.3) is 5.91 Å². The number of ether oxygens (including phenoxy) is 3. The van der Waals surface area contributed by atoms with E-state index in [9.17, 15) is 14.4 Å². The Bertz CT molecular complexity index is 955. The fourth-order valence-electron chi connectivity index (χ4n) is 3.67. The first kappa shape index (κ1) is 20.7. The van der Waals surface area contributed by atoms with Crippen molar-refractivity contribution in [1.29, 1.82) is 0 Å². The fourth-order valence-corrected chi connectivity index (χ4v) is 3.67. The molecule has 31 heavy (non-hydrogen) atoms. The van der Waals surface area contributed by atoms with Crippen LogP contribution < -0.4 is 9.47 Å². The van der Waals surface area contributed by atoms with Crippen molar-refractivity contribution >= 4 is 17.9 Å². The zero-order chi connectivity index (χ0) is 21.8. The smallest absolute Gasteiger partial charge is 0.417 e. The maximum Gasteiger partial charge on any atom is 0.417 e. The van der Waals surface area contributed by atoms with E-state index in [1.807, 2.05) is 48.5 Å². The Morgan fingerprint density at radius 3 is 2.52 bits per heavy atom. The lowest BCUT2D eigenvalue weighted by molar-refractivity contribution is -0.142. The normalized spacial score (nSPS) is 16.2. The van der Waals surface area contributed by atoms with Gasteiger partial charge in [0, 0.05) is 19.5 Å². The molecule has 0 unspecified atom stereocenters. The highest BCUT2D eigenvalue weighted by Crippen LogP contribution is 2.29. The van der Waals surface area contributed by atoms with E-state index < -0.39 is 6.09 Å². The molecule has 0 radical (unpaired) electrons. The number of rotatable bonds is 8. The summed E-state index contributed by atoms with van der Waals surface area (Å²) in [5, 5.41) is 0. The summed E-state index contributed by atoms with van der Waals surface area (Å²) in [6, 6.07) is 15.2. The molecule has 2 aromatic rings. The zero-order valence-corrected chi connectivity index (χ0v) is 17.3. The quantitative estimate of drug-likeness (QED) is 0.647. The van der Waals surface area contributed by atoms with Gasteiger partial charge in [-0.15, -0.1) is 0 Å². The lowest BCUT2D eigenvalue weighted by atomic mass is 10.0. The van der Waals surface area contributed by atoms with Gasteiger partial charge in [-0.2, -0.15) is 0 Å². The van der Waals surface area contributed by atoms with Crippen LogP contribution in [0.3, 0.4) is 0 Å². The predicted octanol–water partition coefficient (Wildman–Crippen LogP) is 2.40. The number of aryl methyl sites for hydroxylation is 1. The minimum Gasteiger partial charge on any atom is -0.493 e. The second-order valence-corrected chi connectivity index (χ2v) is 7.53. The van der Waals surface area contributed by atoms with E-state index in [4.69, 9.17) is 14.2 Å². The fraction of sp³-hybridized carbons (Fsp3) is 0.348. The summed E-state index contributed by atoms with van der Waals surface area (Å²) in [7, 11) is 1.59. The molecule has 0 atom stereocenters. The summed E-state index contributed by atoms with van der Waals surface area (Å²) in [6.07, 6.45) is 0.259. The highest BCUT2D eigenvalue weighted by Gasteiger charge is 2.44. The van der Waals surface area contributed by atoms with Crippen LogP contribution in [0.25, 0.3) is 0 Å². The number of amides is 3. The lowest BCUT2D eigenvalue weighted by Gasteiger charge is -2.42. The maximum atomic E-state index is 12.5. The van der Waals surface area contributed by atoms with Crippen molar-refractivity contribution in [3.63, 3.8) is 0 Å². The van der Waals surface area contributed by atoms with Gasteiger partial charge >= 0.3 is 6.09 Å². The van der Waals surface area contributed by atoms with Crippen molar-refractivity contribution in [2.45, 2.75) is 25.5 Å². The molecule has 3 amide bonds. The maximum absolute atomic E-state index is 12.5. The molecule has 8 heteroatoms. The number of hydrogen-bond donors (Lipinski definition) is 0. The average Bonchev–Trinajstić information content (AvgIpc) is 3.08. The number of likely N-dealkylation sites (tertiary alicyclic amines) is 1. The molecule has 0 aromatic heterocycles. The van der Waals surface area contributed by atoms with Crippen LogP contribution in [0.2, 0.25) is 0 Å². The van der Waals surface area contributed by atoms with Gasteiger partial charge in [0.2, 0.25) is 5.91 Å². The van der Waals surface area contributed by atoms with Gasteiger partial charge in [0.1, 0.15) is 6.61 Å². The van der Waals surface area contributed by atoms with E-state index in [1.54, 1.807) is 12.0 Å². The molecule has 0 saturated carbocycles. The molecule has 2 heterocycles. The van der Waals surface area contributed by atoms with Crippen molar-refractivity contribution < 1.29 is 28.6 Å². The number of carbonyl (C=O) groups excluding carboxylic acids is 3. The first-order valence-corrected chi connectivity index (χ1v) is 10.2. The van der Waals surface area contributed by atoms with Crippen LogP contribution in [0, 0.1) is 0 Å². The number of methoxy groups -OCH3 is 1. The number of cyclic esters (lactones) is 1. The van der Waals surface area contributed by atoms with Gasteiger partial charge < -0.3 is 19.1 Å². The molecule has 0 spiro atoms. The largest absolute Gasteiger partial charge is 0.493 e. The van der Waals surface area contributed by atoms with Crippen molar-refractivity contribution in [2.75, 3.05) is 26.8 Å². The average molecular weight is 424 g/mol. The van der Waals surface area contributed by atoms with E-state index in [2.05, 4.69) is 0 Å². The van der Waals surface area contributed by atoms with Crippen LogP contribution >= 0.6 is 0 Å². The topological polar surface area (TPSA) is 85.4 Å². The second-order valence-electron chi connectivity index (χ2n) is 7.53.